The molecule has 1 saturated heterocycles. The summed E-state index contributed by atoms with van der Waals surface area (Å²) < 4.78 is 5.53. The Bertz CT molecular complexity index is 716. The molecular weight excluding hydrogens is 344 g/mol. The van der Waals surface area contributed by atoms with Crippen LogP contribution in [-0.4, -0.2) is 52.4 Å². The summed E-state index contributed by atoms with van der Waals surface area (Å²) >= 11 is 0. The fourth-order valence-corrected chi connectivity index (χ4v) is 3.46. The van der Waals surface area contributed by atoms with Gasteiger partial charge in [0.2, 0.25) is 0 Å². The molecule has 1 aromatic rings. The Balaban J connectivity index is 2.40. The first-order chi connectivity index (χ1) is 12.3. The predicted octanol–water partition coefficient (Wildman–Crippen LogP) is 3.25. The molecule has 1 aromatic carbocycles. The lowest BCUT2D eigenvalue weighted by Crippen LogP contribution is -2.53. The number of benzene rings is 1. The number of carbonyl (C=O) groups excluding carboxylic acids is 3. The Morgan fingerprint density at radius 2 is 1.59 bits per heavy atom. The van der Waals surface area contributed by atoms with Crippen molar-refractivity contribution in [3.05, 3.63) is 35.9 Å². The average molecular weight is 374 g/mol. The van der Waals surface area contributed by atoms with Crippen LogP contribution >= 0.6 is 0 Å². The van der Waals surface area contributed by atoms with Crippen LogP contribution in [0.1, 0.15) is 47.1 Å². The maximum atomic E-state index is 13.0. The second kappa shape index (κ2) is 7.33. The summed E-state index contributed by atoms with van der Waals surface area (Å²) in [5.41, 5.74) is -0.360. The Morgan fingerprint density at radius 1 is 1.04 bits per heavy atom. The number of ether oxygens (including phenoxy) is 1. The van der Waals surface area contributed by atoms with Crippen LogP contribution in [-0.2, 0) is 20.7 Å². The van der Waals surface area contributed by atoms with Gasteiger partial charge in [0.1, 0.15) is 11.8 Å². The van der Waals surface area contributed by atoms with Crippen LogP contribution in [0.2, 0.25) is 0 Å². The van der Waals surface area contributed by atoms with Gasteiger partial charge in [-0.15, -0.1) is 0 Å². The van der Waals surface area contributed by atoms with Gasteiger partial charge < -0.3 is 9.64 Å². The highest BCUT2D eigenvalue weighted by atomic mass is 16.6. The van der Waals surface area contributed by atoms with Gasteiger partial charge in [0.15, 0.2) is 11.8 Å². The summed E-state index contributed by atoms with van der Waals surface area (Å²) in [5.74, 6) is -0.683. The maximum Gasteiger partial charge on any atom is 0.413 e. The molecule has 0 spiro atoms. The summed E-state index contributed by atoms with van der Waals surface area (Å²) in [6.45, 7) is 11.1. The Morgan fingerprint density at radius 3 is 2.07 bits per heavy atom. The summed E-state index contributed by atoms with van der Waals surface area (Å²) in [4.78, 5) is 41.7. The van der Waals surface area contributed by atoms with Crippen LogP contribution in [0.25, 0.3) is 0 Å². The predicted molar refractivity (Wildman–Crippen MR) is 103 cm³/mol. The van der Waals surface area contributed by atoms with E-state index < -0.39 is 29.3 Å². The van der Waals surface area contributed by atoms with Crippen LogP contribution in [0.15, 0.2) is 30.3 Å². The average Bonchev–Trinajstić information content (AvgIpc) is 2.78. The van der Waals surface area contributed by atoms with Gasteiger partial charge >= 0.3 is 6.09 Å². The molecule has 6 nitrogen and oxygen atoms in total. The normalized spacial score (nSPS) is 20.8. The molecule has 1 fully saturated rings. The first kappa shape index (κ1) is 20.9. The number of rotatable bonds is 3. The van der Waals surface area contributed by atoms with Crippen molar-refractivity contribution in [3.63, 3.8) is 0 Å². The minimum atomic E-state index is -1.17. The van der Waals surface area contributed by atoms with Crippen LogP contribution in [0.5, 0.6) is 0 Å². The molecular formula is C21H30N2O4. The number of ketones is 1. The molecule has 0 aliphatic carbocycles. The minimum Gasteiger partial charge on any atom is -0.444 e. The molecule has 2 rings (SSSR count). The Hall–Kier alpha value is -2.37. The number of hydrogen-bond acceptors (Lipinski definition) is 4. The third-order valence-electron chi connectivity index (χ3n) is 4.40. The van der Waals surface area contributed by atoms with Crippen LogP contribution in [0, 0.1) is 5.41 Å². The molecule has 0 unspecified atom stereocenters. The van der Waals surface area contributed by atoms with Crippen molar-refractivity contribution in [1.29, 1.82) is 0 Å². The number of nitrogens with zero attached hydrogens (tertiary/aromatic N) is 2. The largest absolute Gasteiger partial charge is 0.444 e. The van der Waals surface area contributed by atoms with Crippen LogP contribution in [0.3, 0.4) is 0 Å². The molecule has 0 bridgehead atoms. The number of amides is 2. The SMILES string of the molecule is CN1C(=O)[C@H](C(=O)Cc2ccccc2)N(C(=O)OC(C)(C)C)[C@H]1C(C)(C)C. The fraction of sp³-hybridized carbons (Fsp3) is 0.571. The minimum absolute atomic E-state index is 0.0846. The van der Waals surface area contributed by atoms with Crippen molar-refractivity contribution >= 4 is 17.8 Å². The lowest BCUT2D eigenvalue weighted by molar-refractivity contribution is -0.134. The van der Waals surface area contributed by atoms with Gasteiger partial charge in [-0.3, -0.25) is 14.5 Å². The Labute approximate surface area is 161 Å². The van der Waals surface area contributed by atoms with Crippen molar-refractivity contribution in [2.24, 2.45) is 5.41 Å². The van der Waals surface area contributed by atoms with Gasteiger partial charge in [-0.2, -0.15) is 0 Å². The van der Waals surface area contributed by atoms with Gasteiger partial charge in [-0.25, -0.2) is 4.79 Å². The highest BCUT2D eigenvalue weighted by Crippen LogP contribution is 2.35. The van der Waals surface area contributed by atoms with Gasteiger partial charge in [-0.05, 0) is 26.3 Å². The van der Waals surface area contributed by atoms with Gasteiger partial charge in [0.25, 0.3) is 5.91 Å². The quantitative estimate of drug-likeness (QED) is 0.762. The van der Waals surface area contributed by atoms with E-state index in [2.05, 4.69) is 0 Å². The molecule has 0 saturated carbocycles. The van der Waals surface area contributed by atoms with E-state index >= 15 is 0 Å². The molecule has 27 heavy (non-hydrogen) atoms. The standard InChI is InChI=1S/C21H30N2O4/c1-20(2,3)18-22(7)17(25)16(23(18)19(26)27-21(4,5)6)15(24)13-14-11-9-8-10-12-14/h8-12,16,18H,13H2,1-7H3/t16-,18-/m0/s1. The van der Waals surface area contributed by atoms with Crippen molar-refractivity contribution in [1.82, 2.24) is 9.80 Å². The van der Waals surface area contributed by atoms with E-state index in [1.807, 2.05) is 51.1 Å². The number of Topliss-reactive ketones (excluding diaryl/α,β-unsaturated/α-hetero) is 1. The van der Waals surface area contributed by atoms with Crippen LogP contribution in [0.4, 0.5) is 4.79 Å². The van der Waals surface area contributed by atoms with Crippen molar-refractivity contribution < 1.29 is 19.1 Å². The second-order valence-electron chi connectivity index (χ2n) is 9.11. The topological polar surface area (TPSA) is 66.9 Å². The summed E-state index contributed by atoms with van der Waals surface area (Å²) in [7, 11) is 1.63. The Kier molecular flexibility index (Phi) is 5.68. The highest BCUT2D eigenvalue weighted by Gasteiger charge is 2.55. The zero-order chi connectivity index (χ0) is 20.6. The molecule has 2 atom stereocenters. The summed E-state index contributed by atoms with van der Waals surface area (Å²) in [5, 5.41) is 0. The first-order valence-corrected chi connectivity index (χ1v) is 9.17. The van der Waals surface area contributed by atoms with E-state index in [1.165, 1.54) is 9.80 Å². The summed E-state index contributed by atoms with van der Waals surface area (Å²) in [6, 6.07) is 8.05. The van der Waals surface area contributed by atoms with Gasteiger partial charge in [0, 0.05) is 18.9 Å². The molecule has 0 radical (unpaired) electrons. The molecule has 6 heteroatoms. The third kappa shape index (κ3) is 4.67. The van der Waals surface area contributed by atoms with E-state index in [1.54, 1.807) is 27.8 Å². The fourth-order valence-electron chi connectivity index (χ4n) is 3.46. The second-order valence-corrected chi connectivity index (χ2v) is 9.11. The van der Waals surface area contributed by atoms with Gasteiger partial charge in [0.05, 0.1) is 0 Å². The van der Waals surface area contributed by atoms with E-state index in [0.717, 1.165) is 5.56 Å². The molecule has 1 aliphatic heterocycles. The lowest BCUT2D eigenvalue weighted by Gasteiger charge is -2.39. The van der Waals surface area contributed by atoms with E-state index in [9.17, 15) is 14.4 Å². The number of hydrogen-bond donors (Lipinski definition) is 0. The molecule has 148 valence electrons. The number of likely N-dealkylation sites (N-methyl/N-ethyl adjacent to an activating group) is 1. The van der Waals surface area contributed by atoms with Crippen molar-refractivity contribution in [2.75, 3.05) is 7.05 Å². The van der Waals surface area contributed by atoms with Crippen molar-refractivity contribution in [2.45, 2.75) is 65.8 Å². The molecule has 1 aliphatic rings. The van der Waals surface area contributed by atoms with E-state index in [-0.39, 0.29) is 18.1 Å². The molecule has 0 N–H and O–H groups in total. The monoisotopic (exact) mass is 374 g/mol. The molecule has 2 amide bonds. The molecule has 1 heterocycles. The maximum absolute atomic E-state index is 13.0. The van der Waals surface area contributed by atoms with Crippen molar-refractivity contribution in [3.8, 4) is 0 Å². The first-order valence-electron chi connectivity index (χ1n) is 9.17. The van der Waals surface area contributed by atoms with Gasteiger partial charge in [-0.1, -0.05) is 51.1 Å². The lowest BCUT2D eigenvalue weighted by atomic mass is 9.91. The third-order valence-corrected chi connectivity index (χ3v) is 4.40. The highest BCUT2D eigenvalue weighted by molar-refractivity contribution is 6.09. The van der Waals surface area contributed by atoms with E-state index in [4.69, 9.17) is 4.74 Å². The van der Waals surface area contributed by atoms with E-state index in [0.29, 0.717) is 0 Å². The smallest absolute Gasteiger partial charge is 0.413 e. The zero-order valence-electron chi connectivity index (χ0n) is 17.3. The summed E-state index contributed by atoms with van der Waals surface area (Å²) in [6.07, 6.45) is -1.13. The molecule has 0 aromatic heterocycles. The number of carbonyl (C=O) groups is 3. The van der Waals surface area contributed by atoms with Crippen LogP contribution < -0.4 is 0 Å². The zero-order valence-corrected chi connectivity index (χ0v) is 17.3.